The number of hydrogen-bond acceptors (Lipinski definition) is 1. The Hall–Kier alpha value is -1.31. The molecule has 0 aliphatic carbocycles. The van der Waals surface area contributed by atoms with Crippen molar-refractivity contribution in [3.63, 3.8) is 0 Å². The summed E-state index contributed by atoms with van der Waals surface area (Å²) in [7, 11) is 0. The third-order valence-electron chi connectivity index (χ3n) is 1.91. The molecule has 0 N–H and O–H groups in total. The predicted molar refractivity (Wildman–Crippen MR) is 54.4 cm³/mol. The molecular weight excluding hydrogens is 162 g/mol. The Morgan fingerprint density at radius 1 is 1.31 bits per heavy atom. The zero-order valence-corrected chi connectivity index (χ0v) is 7.86. The van der Waals surface area contributed by atoms with Crippen LogP contribution < -0.4 is 4.90 Å². The van der Waals surface area contributed by atoms with E-state index in [4.69, 9.17) is 0 Å². The van der Waals surface area contributed by atoms with Crippen LogP contribution >= 0.6 is 0 Å². The van der Waals surface area contributed by atoms with E-state index < -0.39 is 0 Å². The fraction of sp³-hybridized carbons (Fsp3) is 0.364. The van der Waals surface area contributed by atoms with Crippen LogP contribution in [0.1, 0.15) is 19.8 Å². The molecule has 2 nitrogen and oxygen atoms in total. The normalized spacial score (nSPS) is 9.62. The van der Waals surface area contributed by atoms with Gasteiger partial charge in [0.2, 0.25) is 0 Å². The van der Waals surface area contributed by atoms with Crippen LogP contribution in [0.5, 0.6) is 0 Å². The van der Waals surface area contributed by atoms with Gasteiger partial charge in [-0.25, -0.2) is 0 Å². The van der Waals surface area contributed by atoms with E-state index in [1.807, 2.05) is 36.7 Å². The monoisotopic (exact) mass is 176 g/mol. The highest BCUT2D eigenvalue weighted by Gasteiger charge is 2.03. The second-order valence-electron chi connectivity index (χ2n) is 2.93. The molecule has 0 atom stereocenters. The van der Waals surface area contributed by atoms with Crippen molar-refractivity contribution >= 4 is 12.1 Å². The summed E-state index contributed by atoms with van der Waals surface area (Å²) < 4.78 is 0. The number of hydrogen-bond donors (Lipinski definition) is 0. The first-order chi connectivity index (χ1) is 6.38. The molecule has 1 aromatic carbocycles. The Morgan fingerprint density at radius 2 is 2.00 bits per heavy atom. The summed E-state index contributed by atoms with van der Waals surface area (Å²) in [6, 6.07) is 9.62. The molecule has 0 unspecified atom stereocenters. The first kappa shape index (κ1) is 9.78. The van der Waals surface area contributed by atoms with Crippen LogP contribution in [0, 0.1) is 0 Å². The highest BCUT2D eigenvalue weighted by molar-refractivity contribution is 5.75. The Kier molecular flexibility index (Phi) is 4.03. The maximum absolute atomic E-state index is 10.6. The second kappa shape index (κ2) is 5.36. The number of anilines is 1. The summed E-state index contributed by atoms with van der Waals surface area (Å²) in [4.78, 5) is 12.2. The van der Waals surface area contributed by atoms with Gasteiger partial charge >= 0.3 is 6.41 Å². The summed E-state index contributed by atoms with van der Waals surface area (Å²) >= 11 is 0. The largest absolute Gasteiger partial charge is 0.316 e. The van der Waals surface area contributed by atoms with E-state index in [0.717, 1.165) is 25.1 Å². The van der Waals surface area contributed by atoms with Gasteiger partial charge in [0.25, 0.3) is 0 Å². The van der Waals surface area contributed by atoms with Gasteiger partial charge in [0, 0.05) is 12.2 Å². The highest BCUT2D eigenvalue weighted by Crippen LogP contribution is 2.11. The van der Waals surface area contributed by atoms with Crippen molar-refractivity contribution in [2.24, 2.45) is 0 Å². The number of unbranched alkanes of at least 4 members (excludes halogenated alkanes) is 1. The maximum atomic E-state index is 10.6. The molecule has 0 saturated carbocycles. The van der Waals surface area contributed by atoms with E-state index in [1.54, 1.807) is 4.90 Å². The first-order valence-electron chi connectivity index (χ1n) is 4.59. The van der Waals surface area contributed by atoms with Crippen molar-refractivity contribution in [2.75, 3.05) is 11.4 Å². The second-order valence-corrected chi connectivity index (χ2v) is 2.93. The Bertz CT molecular complexity index is 246. The number of rotatable bonds is 5. The molecule has 1 aromatic rings. The Morgan fingerprint density at radius 3 is 2.54 bits per heavy atom. The zero-order chi connectivity index (χ0) is 9.52. The number of para-hydroxylation sites is 1. The molecule has 2 heteroatoms. The van der Waals surface area contributed by atoms with Crippen LogP contribution in [0.25, 0.3) is 0 Å². The van der Waals surface area contributed by atoms with Crippen molar-refractivity contribution in [1.29, 1.82) is 0 Å². The van der Waals surface area contributed by atoms with Crippen LogP contribution in [0.15, 0.2) is 30.3 Å². The molecule has 69 valence electrons. The summed E-state index contributed by atoms with van der Waals surface area (Å²) in [6.45, 7) is 2.86. The number of benzene rings is 1. The lowest BCUT2D eigenvalue weighted by Crippen LogP contribution is -2.21. The standard InChI is InChI=1S/C11H14NO/c1-2-3-9-12(10-13)11-7-5-4-6-8-11/h4-8H,2-3,9H2,1H3. The fourth-order valence-electron chi connectivity index (χ4n) is 1.15. The van der Waals surface area contributed by atoms with Gasteiger partial charge < -0.3 is 4.90 Å². The molecule has 0 aliphatic heterocycles. The van der Waals surface area contributed by atoms with E-state index in [0.29, 0.717) is 0 Å². The van der Waals surface area contributed by atoms with E-state index in [2.05, 4.69) is 6.92 Å². The minimum Gasteiger partial charge on any atom is -0.304 e. The molecule has 0 aliphatic rings. The van der Waals surface area contributed by atoms with Crippen LogP contribution in [0.2, 0.25) is 0 Å². The third kappa shape index (κ3) is 2.90. The first-order valence-corrected chi connectivity index (χ1v) is 4.59. The van der Waals surface area contributed by atoms with E-state index in [1.165, 1.54) is 0 Å². The lowest BCUT2D eigenvalue weighted by molar-refractivity contribution is 0.549. The highest BCUT2D eigenvalue weighted by atomic mass is 16.1. The topological polar surface area (TPSA) is 20.3 Å². The van der Waals surface area contributed by atoms with Gasteiger partial charge in [0.15, 0.2) is 0 Å². The Balaban J connectivity index is 2.61. The minimum absolute atomic E-state index is 0.754. The number of nitrogens with zero attached hydrogens (tertiary/aromatic N) is 1. The van der Waals surface area contributed by atoms with Gasteiger partial charge in [0.05, 0.1) is 0 Å². The molecule has 13 heavy (non-hydrogen) atoms. The third-order valence-corrected chi connectivity index (χ3v) is 1.91. The van der Waals surface area contributed by atoms with Crippen molar-refractivity contribution in [1.82, 2.24) is 0 Å². The van der Waals surface area contributed by atoms with Gasteiger partial charge in [-0.3, -0.25) is 4.79 Å². The molecule has 0 fully saturated rings. The molecule has 0 heterocycles. The fourth-order valence-corrected chi connectivity index (χ4v) is 1.15. The average molecular weight is 176 g/mol. The zero-order valence-electron chi connectivity index (χ0n) is 7.86. The van der Waals surface area contributed by atoms with Crippen LogP contribution in [-0.4, -0.2) is 13.0 Å². The molecular formula is C11H14NO. The van der Waals surface area contributed by atoms with E-state index >= 15 is 0 Å². The molecule has 0 saturated heterocycles. The summed E-state index contributed by atoms with van der Waals surface area (Å²) in [5.74, 6) is 0. The summed E-state index contributed by atoms with van der Waals surface area (Å²) in [5, 5.41) is 0. The van der Waals surface area contributed by atoms with Gasteiger partial charge in [-0.05, 0) is 18.6 Å². The predicted octanol–water partition coefficient (Wildman–Crippen LogP) is 2.36. The lowest BCUT2D eigenvalue weighted by atomic mass is 10.2. The van der Waals surface area contributed by atoms with Crippen LogP contribution in [0.3, 0.4) is 0 Å². The molecule has 1 rings (SSSR count). The van der Waals surface area contributed by atoms with Crippen LogP contribution in [-0.2, 0) is 4.79 Å². The smallest absolute Gasteiger partial charge is 0.304 e. The number of carbonyl (C=O) groups excluding carboxylic acids is 1. The maximum Gasteiger partial charge on any atom is 0.316 e. The van der Waals surface area contributed by atoms with E-state index in [9.17, 15) is 4.79 Å². The van der Waals surface area contributed by atoms with Gasteiger partial charge in [-0.2, -0.15) is 0 Å². The molecule has 0 bridgehead atoms. The summed E-state index contributed by atoms with van der Waals surface area (Å²) in [5.41, 5.74) is 0.922. The molecule has 1 amide bonds. The van der Waals surface area contributed by atoms with Crippen molar-refractivity contribution < 1.29 is 4.79 Å². The van der Waals surface area contributed by atoms with Crippen molar-refractivity contribution in [2.45, 2.75) is 19.8 Å². The SMILES string of the molecule is CCCCN([C]=O)c1ccccc1. The summed E-state index contributed by atoms with van der Waals surface area (Å²) in [6.07, 6.45) is 4.04. The lowest BCUT2D eigenvalue weighted by Gasteiger charge is -2.15. The molecule has 0 aromatic heterocycles. The van der Waals surface area contributed by atoms with Gasteiger partial charge in [-0.15, -0.1) is 0 Å². The van der Waals surface area contributed by atoms with Gasteiger partial charge in [0.1, 0.15) is 0 Å². The van der Waals surface area contributed by atoms with E-state index in [-0.39, 0.29) is 0 Å². The average Bonchev–Trinajstić information content (AvgIpc) is 2.21. The molecule has 0 spiro atoms. The van der Waals surface area contributed by atoms with Crippen LogP contribution in [0.4, 0.5) is 5.69 Å². The minimum atomic E-state index is 0.754. The van der Waals surface area contributed by atoms with Crippen molar-refractivity contribution in [3.05, 3.63) is 30.3 Å². The number of amides is 1. The molecule has 1 radical (unpaired) electrons. The van der Waals surface area contributed by atoms with Gasteiger partial charge in [-0.1, -0.05) is 31.5 Å². The Labute approximate surface area is 79.2 Å². The van der Waals surface area contributed by atoms with Crippen molar-refractivity contribution in [3.8, 4) is 0 Å². The quantitative estimate of drug-likeness (QED) is 0.631.